The van der Waals surface area contributed by atoms with Crippen molar-refractivity contribution < 1.29 is 9.47 Å². The quantitative estimate of drug-likeness (QED) is 0.228. The lowest BCUT2D eigenvalue weighted by Crippen LogP contribution is -1.84. The molecule has 0 aromatic heterocycles. The molecule has 0 radical (unpaired) electrons. The molecule has 0 heterocycles. The summed E-state index contributed by atoms with van der Waals surface area (Å²) in [6.07, 6.45) is 10.5. The molecule has 176 valence electrons. The maximum atomic E-state index is 5.21. The summed E-state index contributed by atoms with van der Waals surface area (Å²) in [5.74, 6) is 1.76. The second-order valence-electron chi connectivity index (χ2n) is 8.15. The van der Waals surface area contributed by atoms with Crippen molar-refractivity contribution in [3.63, 3.8) is 0 Å². The molecule has 4 aromatic carbocycles. The van der Waals surface area contributed by atoms with E-state index < -0.39 is 0 Å². The molecular formula is C32H30O2S. The van der Waals surface area contributed by atoms with Crippen LogP contribution in [0.25, 0.3) is 12.2 Å². The minimum absolute atomic E-state index is 0.881. The van der Waals surface area contributed by atoms with Gasteiger partial charge in [0.15, 0.2) is 0 Å². The molecule has 0 aliphatic rings. The number of ether oxygens (including phenoxy) is 2. The first-order valence-corrected chi connectivity index (χ1v) is 12.5. The fourth-order valence-electron chi connectivity index (χ4n) is 3.62. The fraction of sp³-hybridized carbons (Fsp3) is 0.125. The highest BCUT2D eigenvalue weighted by atomic mass is 32.2. The van der Waals surface area contributed by atoms with E-state index in [1.165, 1.54) is 32.0 Å². The first-order chi connectivity index (χ1) is 17.2. The Hall–Kier alpha value is -3.69. The molecular weight excluding hydrogens is 448 g/mol. The Morgan fingerprint density at radius 2 is 0.886 bits per heavy atom. The molecule has 0 fully saturated rings. The molecule has 0 atom stereocenters. The molecule has 0 saturated heterocycles. The Kier molecular flexibility index (Phi) is 8.85. The molecule has 0 aliphatic carbocycles. The molecule has 0 aliphatic heterocycles. The highest BCUT2D eigenvalue weighted by Gasteiger charge is 1.99. The number of rotatable bonds is 10. The van der Waals surface area contributed by atoms with Gasteiger partial charge in [-0.05, 0) is 83.6 Å². The Balaban J connectivity index is 1.25. The molecule has 0 saturated carbocycles. The van der Waals surface area contributed by atoms with Crippen LogP contribution in [0, 0.1) is 0 Å². The van der Waals surface area contributed by atoms with Crippen molar-refractivity contribution in [2.45, 2.75) is 22.6 Å². The van der Waals surface area contributed by atoms with Crippen LogP contribution in [0.15, 0.2) is 119 Å². The summed E-state index contributed by atoms with van der Waals surface area (Å²) in [5.41, 5.74) is 4.96. The van der Waals surface area contributed by atoms with Gasteiger partial charge in [0.25, 0.3) is 0 Å². The first-order valence-electron chi connectivity index (χ1n) is 11.7. The van der Waals surface area contributed by atoms with E-state index in [1.807, 2.05) is 24.3 Å². The average molecular weight is 479 g/mol. The van der Waals surface area contributed by atoms with E-state index >= 15 is 0 Å². The molecule has 4 rings (SSSR count). The van der Waals surface area contributed by atoms with E-state index in [4.69, 9.17) is 9.47 Å². The maximum absolute atomic E-state index is 5.21. The molecule has 0 N–H and O–H groups in total. The lowest BCUT2D eigenvalue weighted by molar-refractivity contribution is 0.414. The largest absolute Gasteiger partial charge is 0.497 e. The summed E-state index contributed by atoms with van der Waals surface area (Å²) in [6.45, 7) is 0. The first kappa shape index (κ1) is 24.4. The van der Waals surface area contributed by atoms with Crippen LogP contribution in [-0.4, -0.2) is 14.2 Å². The summed E-state index contributed by atoms with van der Waals surface area (Å²) >= 11 is 1.79. The third-order valence-electron chi connectivity index (χ3n) is 5.64. The van der Waals surface area contributed by atoms with Gasteiger partial charge in [-0.3, -0.25) is 0 Å². The Labute approximate surface area is 212 Å². The minimum atomic E-state index is 0.881. The van der Waals surface area contributed by atoms with E-state index in [0.29, 0.717) is 0 Å². The van der Waals surface area contributed by atoms with Crippen LogP contribution in [0.5, 0.6) is 11.5 Å². The predicted octanol–water partition coefficient (Wildman–Crippen LogP) is 8.37. The van der Waals surface area contributed by atoms with Crippen LogP contribution < -0.4 is 9.47 Å². The average Bonchev–Trinajstić information content (AvgIpc) is 2.91. The second-order valence-corrected chi connectivity index (χ2v) is 9.30. The number of allylic oxidation sites excluding steroid dienone is 2. The van der Waals surface area contributed by atoms with E-state index in [0.717, 1.165) is 24.3 Å². The van der Waals surface area contributed by atoms with E-state index in [1.54, 1.807) is 26.0 Å². The highest BCUT2D eigenvalue weighted by molar-refractivity contribution is 7.99. The van der Waals surface area contributed by atoms with Gasteiger partial charge in [0.1, 0.15) is 11.5 Å². The molecule has 0 spiro atoms. The zero-order valence-corrected chi connectivity index (χ0v) is 21.0. The fourth-order valence-corrected chi connectivity index (χ4v) is 4.43. The Morgan fingerprint density at radius 3 is 1.23 bits per heavy atom. The van der Waals surface area contributed by atoms with Gasteiger partial charge in [0.05, 0.1) is 14.2 Å². The van der Waals surface area contributed by atoms with Crippen molar-refractivity contribution in [2.24, 2.45) is 0 Å². The summed E-state index contributed by atoms with van der Waals surface area (Å²) in [4.78, 5) is 2.50. The summed E-state index contributed by atoms with van der Waals surface area (Å²) in [5, 5.41) is 0. The zero-order chi connectivity index (χ0) is 24.3. The van der Waals surface area contributed by atoms with Crippen molar-refractivity contribution in [3.8, 4) is 11.5 Å². The monoisotopic (exact) mass is 478 g/mol. The van der Waals surface area contributed by atoms with E-state index in [2.05, 4.69) is 97.1 Å². The number of benzene rings is 4. The van der Waals surface area contributed by atoms with Gasteiger partial charge >= 0.3 is 0 Å². The number of methoxy groups -OCH3 is 2. The molecule has 0 bridgehead atoms. The normalized spacial score (nSPS) is 11.3. The van der Waals surface area contributed by atoms with Crippen LogP contribution in [-0.2, 0) is 12.8 Å². The Morgan fingerprint density at radius 1 is 0.514 bits per heavy atom. The van der Waals surface area contributed by atoms with Crippen LogP contribution in [0.2, 0.25) is 0 Å². The molecule has 3 heteroatoms. The summed E-state index contributed by atoms with van der Waals surface area (Å²) in [7, 11) is 3.37. The SMILES string of the molecule is COc1ccc(/C=C\Cc2ccc(Sc3ccc(C/C=C\c4ccc(OC)cc4)cc3)cc2)cc1. The third-order valence-corrected chi connectivity index (χ3v) is 6.66. The lowest BCUT2D eigenvalue weighted by Gasteiger charge is -2.05. The summed E-state index contributed by atoms with van der Waals surface area (Å²) in [6, 6.07) is 33.8. The van der Waals surface area contributed by atoms with Gasteiger partial charge in [-0.1, -0.05) is 84.6 Å². The van der Waals surface area contributed by atoms with Crippen molar-refractivity contribution in [2.75, 3.05) is 14.2 Å². The molecule has 35 heavy (non-hydrogen) atoms. The smallest absolute Gasteiger partial charge is 0.118 e. The van der Waals surface area contributed by atoms with Crippen LogP contribution in [0.4, 0.5) is 0 Å². The van der Waals surface area contributed by atoms with Gasteiger partial charge in [0.2, 0.25) is 0 Å². The van der Waals surface area contributed by atoms with Crippen LogP contribution in [0.1, 0.15) is 22.3 Å². The molecule has 4 aromatic rings. The van der Waals surface area contributed by atoms with Gasteiger partial charge in [-0.15, -0.1) is 0 Å². The van der Waals surface area contributed by atoms with Crippen molar-refractivity contribution in [3.05, 3.63) is 131 Å². The van der Waals surface area contributed by atoms with Crippen LogP contribution >= 0.6 is 11.8 Å². The van der Waals surface area contributed by atoms with Gasteiger partial charge < -0.3 is 9.47 Å². The third kappa shape index (κ3) is 7.66. The van der Waals surface area contributed by atoms with Gasteiger partial charge in [0, 0.05) is 9.79 Å². The predicted molar refractivity (Wildman–Crippen MR) is 148 cm³/mol. The maximum Gasteiger partial charge on any atom is 0.118 e. The van der Waals surface area contributed by atoms with Crippen molar-refractivity contribution >= 4 is 23.9 Å². The van der Waals surface area contributed by atoms with Crippen molar-refractivity contribution in [1.82, 2.24) is 0 Å². The highest BCUT2D eigenvalue weighted by Crippen LogP contribution is 2.28. The van der Waals surface area contributed by atoms with E-state index in [9.17, 15) is 0 Å². The zero-order valence-electron chi connectivity index (χ0n) is 20.2. The topological polar surface area (TPSA) is 18.5 Å². The van der Waals surface area contributed by atoms with Crippen LogP contribution in [0.3, 0.4) is 0 Å². The summed E-state index contributed by atoms with van der Waals surface area (Å²) < 4.78 is 10.4. The van der Waals surface area contributed by atoms with Crippen molar-refractivity contribution in [1.29, 1.82) is 0 Å². The number of hydrogen-bond acceptors (Lipinski definition) is 3. The second kappa shape index (κ2) is 12.7. The standard InChI is InChI=1S/C32H30O2S/c1-33-29-17-9-25(10-18-29)5-3-7-27-13-21-31(22-14-27)35-32-23-15-28(16-24-32)8-4-6-26-11-19-30(34-2)20-12-26/h3-6,9-24H,7-8H2,1-2H3/b5-3-,6-4-. The van der Waals surface area contributed by atoms with E-state index in [-0.39, 0.29) is 0 Å². The lowest BCUT2D eigenvalue weighted by atomic mass is 10.1. The van der Waals surface area contributed by atoms with Gasteiger partial charge in [-0.25, -0.2) is 0 Å². The minimum Gasteiger partial charge on any atom is -0.497 e. The molecule has 2 nitrogen and oxygen atoms in total. The number of hydrogen-bond donors (Lipinski definition) is 0. The molecule has 0 amide bonds. The Bertz CT molecular complexity index is 1140. The molecule has 0 unspecified atom stereocenters. The van der Waals surface area contributed by atoms with Gasteiger partial charge in [-0.2, -0.15) is 0 Å².